The van der Waals surface area contributed by atoms with Crippen LogP contribution in [0.25, 0.3) is 0 Å². The lowest BCUT2D eigenvalue weighted by atomic mass is 9.78. The molecule has 0 amide bonds. The highest BCUT2D eigenvalue weighted by atomic mass is 32.2. The van der Waals surface area contributed by atoms with Gasteiger partial charge in [-0.25, -0.2) is 0 Å². The van der Waals surface area contributed by atoms with Gasteiger partial charge in [-0.15, -0.1) is 11.8 Å². The van der Waals surface area contributed by atoms with E-state index in [-0.39, 0.29) is 4.75 Å². The van der Waals surface area contributed by atoms with E-state index in [1.165, 1.54) is 32.1 Å². The summed E-state index contributed by atoms with van der Waals surface area (Å²) in [5.41, 5.74) is 0. The van der Waals surface area contributed by atoms with Crippen molar-refractivity contribution in [1.29, 1.82) is 0 Å². The molecule has 2 nitrogen and oxygen atoms in total. The zero-order chi connectivity index (χ0) is 10.6. The van der Waals surface area contributed by atoms with Crippen LogP contribution >= 0.6 is 11.8 Å². The largest absolute Gasteiger partial charge is 0.379 e. The minimum absolute atomic E-state index is 0.125. The van der Waals surface area contributed by atoms with Crippen LogP contribution in [0.5, 0.6) is 0 Å². The van der Waals surface area contributed by atoms with E-state index in [0.717, 1.165) is 25.3 Å². The quantitative estimate of drug-likeness (QED) is 0.695. The molecule has 86 valence electrons. The van der Waals surface area contributed by atoms with Crippen LogP contribution in [-0.4, -0.2) is 30.0 Å². The Morgan fingerprint density at radius 3 is 2.73 bits per heavy atom. The Labute approximate surface area is 96.1 Å². The third-order valence-electron chi connectivity index (χ3n) is 3.74. The van der Waals surface area contributed by atoms with Gasteiger partial charge in [0.05, 0.1) is 13.2 Å². The first-order chi connectivity index (χ1) is 7.37. The van der Waals surface area contributed by atoms with Gasteiger partial charge in [0.25, 0.3) is 0 Å². The molecule has 1 aliphatic heterocycles. The predicted molar refractivity (Wildman–Crippen MR) is 63.3 cm³/mol. The van der Waals surface area contributed by atoms with Crippen molar-refractivity contribution in [2.45, 2.75) is 43.3 Å². The zero-order valence-corrected chi connectivity index (χ0v) is 10.1. The van der Waals surface area contributed by atoms with E-state index in [0.29, 0.717) is 12.3 Å². The monoisotopic (exact) mass is 228 g/mol. The molecular formula is C12H20O2S. The van der Waals surface area contributed by atoms with Crippen LogP contribution in [0.3, 0.4) is 0 Å². The Bertz CT molecular complexity index is 206. The van der Waals surface area contributed by atoms with Gasteiger partial charge in [0.1, 0.15) is 6.29 Å². The maximum absolute atomic E-state index is 10.9. The summed E-state index contributed by atoms with van der Waals surface area (Å²) in [5.74, 6) is 1.77. The fourth-order valence-corrected chi connectivity index (χ4v) is 4.31. The van der Waals surface area contributed by atoms with Crippen LogP contribution in [0.2, 0.25) is 0 Å². The minimum Gasteiger partial charge on any atom is -0.379 e. The number of hydrogen-bond donors (Lipinski definition) is 0. The first-order valence-corrected chi connectivity index (χ1v) is 7.01. The summed E-state index contributed by atoms with van der Waals surface area (Å²) in [7, 11) is 0. The van der Waals surface area contributed by atoms with Crippen LogP contribution in [-0.2, 0) is 9.53 Å². The molecule has 0 N–H and O–H groups in total. The molecule has 0 bridgehead atoms. The van der Waals surface area contributed by atoms with Crippen molar-refractivity contribution >= 4 is 18.0 Å². The Hall–Kier alpha value is -0.0200. The smallest absolute Gasteiger partial charge is 0.121 e. The molecule has 1 saturated heterocycles. The maximum atomic E-state index is 10.9. The first-order valence-electron chi connectivity index (χ1n) is 6.03. The number of thioether (sulfide) groups is 1. The highest BCUT2D eigenvalue weighted by Crippen LogP contribution is 2.45. The zero-order valence-electron chi connectivity index (χ0n) is 9.24. The summed E-state index contributed by atoms with van der Waals surface area (Å²) in [5, 5.41) is 0. The second-order valence-electron chi connectivity index (χ2n) is 4.67. The fourth-order valence-electron chi connectivity index (χ4n) is 2.88. The molecule has 2 rings (SSSR count). The molecule has 2 fully saturated rings. The van der Waals surface area contributed by atoms with Crippen molar-refractivity contribution in [3.8, 4) is 0 Å². The average Bonchev–Trinajstić information content (AvgIpc) is 2.32. The van der Waals surface area contributed by atoms with Gasteiger partial charge in [-0.3, -0.25) is 0 Å². The van der Waals surface area contributed by atoms with Gasteiger partial charge in [-0.05, 0) is 18.8 Å². The van der Waals surface area contributed by atoms with Gasteiger partial charge in [-0.1, -0.05) is 19.3 Å². The van der Waals surface area contributed by atoms with Crippen molar-refractivity contribution in [3.05, 3.63) is 0 Å². The van der Waals surface area contributed by atoms with Crippen LogP contribution in [0.4, 0.5) is 0 Å². The highest BCUT2D eigenvalue weighted by Gasteiger charge is 2.41. The Balaban J connectivity index is 2.04. The van der Waals surface area contributed by atoms with E-state index in [1.54, 1.807) is 0 Å². The molecule has 1 unspecified atom stereocenters. The van der Waals surface area contributed by atoms with E-state index in [2.05, 4.69) is 0 Å². The third kappa shape index (κ3) is 2.56. The minimum atomic E-state index is 0.125. The molecule has 0 aromatic heterocycles. The summed E-state index contributed by atoms with van der Waals surface area (Å²) in [6, 6.07) is 0. The van der Waals surface area contributed by atoms with Gasteiger partial charge in [0.15, 0.2) is 0 Å². The molecule has 0 radical (unpaired) electrons. The number of carbonyl (C=O) groups excluding carboxylic acids is 1. The molecule has 2 aliphatic rings. The Morgan fingerprint density at radius 2 is 2.13 bits per heavy atom. The fraction of sp³-hybridized carbons (Fsp3) is 0.917. The van der Waals surface area contributed by atoms with E-state index < -0.39 is 0 Å². The van der Waals surface area contributed by atoms with E-state index in [4.69, 9.17) is 4.74 Å². The second-order valence-corrected chi connectivity index (χ2v) is 6.18. The van der Waals surface area contributed by atoms with Gasteiger partial charge < -0.3 is 9.53 Å². The van der Waals surface area contributed by atoms with Gasteiger partial charge in [0.2, 0.25) is 0 Å². The summed E-state index contributed by atoms with van der Waals surface area (Å²) in [4.78, 5) is 10.9. The lowest BCUT2D eigenvalue weighted by Crippen LogP contribution is -2.44. The van der Waals surface area contributed by atoms with Gasteiger partial charge in [0, 0.05) is 16.9 Å². The number of carbonyl (C=O) groups is 1. The SMILES string of the molecule is O=CCC1(C2CCCCC2)COCCS1. The van der Waals surface area contributed by atoms with Crippen molar-refractivity contribution in [2.24, 2.45) is 5.92 Å². The average molecular weight is 228 g/mol. The lowest BCUT2D eigenvalue weighted by molar-refractivity contribution is -0.109. The summed E-state index contributed by atoms with van der Waals surface area (Å²) in [6.07, 6.45) is 8.42. The standard InChI is InChI=1S/C12H20O2S/c13-7-6-12(10-14-8-9-15-12)11-4-2-1-3-5-11/h7,11H,1-6,8-10H2. The van der Waals surface area contributed by atoms with E-state index >= 15 is 0 Å². The molecule has 1 atom stereocenters. The molecular weight excluding hydrogens is 208 g/mol. The van der Waals surface area contributed by atoms with Crippen molar-refractivity contribution in [2.75, 3.05) is 19.0 Å². The number of hydrogen-bond acceptors (Lipinski definition) is 3. The molecule has 1 heterocycles. The predicted octanol–water partition coefficient (Wildman–Crippen LogP) is 2.66. The van der Waals surface area contributed by atoms with E-state index in [9.17, 15) is 4.79 Å². The first kappa shape index (κ1) is 11.5. The van der Waals surface area contributed by atoms with Gasteiger partial charge in [-0.2, -0.15) is 0 Å². The van der Waals surface area contributed by atoms with Crippen molar-refractivity contribution in [1.82, 2.24) is 0 Å². The normalized spacial score (nSPS) is 33.9. The van der Waals surface area contributed by atoms with Crippen LogP contribution in [0.15, 0.2) is 0 Å². The number of rotatable bonds is 3. The number of aldehydes is 1. The van der Waals surface area contributed by atoms with Crippen LogP contribution in [0, 0.1) is 5.92 Å². The molecule has 15 heavy (non-hydrogen) atoms. The molecule has 3 heteroatoms. The van der Waals surface area contributed by atoms with Crippen LogP contribution < -0.4 is 0 Å². The Kier molecular flexibility index (Phi) is 4.09. The lowest BCUT2D eigenvalue weighted by Gasteiger charge is -2.43. The topological polar surface area (TPSA) is 26.3 Å². The molecule has 1 saturated carbocycles. The molecule has 0 aromatic rings. The Morgan fingerprint density at radius 1 is 1.33 bits per heavy atom. The maximum Gasteiger partial charge on any atom is 0.121 e. The molecule has 0 aromatic carbocycles. The summed E-state index contributed by atoms with van der Waals surface area (Å²) in [6.45, 7) is 1.65. The summed E-state index contributed by atoms with van der Waals surface area (Å²) >= 11 is 1.99. The molecule has 1 aliphatic carbocycles. The highest BCUT2D eigenvalue weighted by molar-refractivity contribution is 8.00. The summed E-state index contributed by atoms with van der Waals surface area (Å²) < 4.78 is 5.74. The molecule has 0 spiro atoms. The van der Waals surface area contributed by atoms with Crippen LogP contribution in [0.1, 0.15) is 38.5 Å². The second kappa shape index (κ2) is 5.35. The van der Waals surface area contributed by atoms with Gasteiger partial charge >= 0.3 is 0 Å². The van der Waals surface area contributed by atoms with E-state index in [1.807, 2.05) is 11.8 Å². The van der Waals surface area contributed by atoms with Crippen molar-refractivity contribution in [3.63, 3.8) is 0 Å². The third-order valence-corrected chi connectivity index (χ3v) is 5.31. The number of ether oxygens (including phenoxy) is 1. The van der Waals surface area contributed by atoms with Crippen molar-refractivity contribution < 1.29 is 9.53 Å².